The Bertz CT molecular complexity index is 2900. The van der Waals surface area contributed by atoms with Crippen LogP contribution in [0.25, 0.3) is 76.1 Å². The standard InChI is InChI=1S/C50H33N/c1-3-14-35(15-4-1)47-32-39-33-48(44-22-10-12-24-46(44)50(39)45-23-11-9-21-43(45)47)38-27-26-37-31-41(29-28-36(37)30-38)51(40-18-5-2-6-19-40)49-25-13-17-34-16-7-8-20-42(34)49/h1-33H. The second kappa shape index (κ2) is 12.0. The maximum atomic E-state index is 2.41. The molecule has 0 aliphatic carbocycles. The lowest BCUT2D eigenvalue weighted by Gasteiger charge is -2.27. The summed E-state index contributed by atoms with van der Waals surface area (Å²) in [5, 5.41) is 12.6. The highest BCUT2D eigenvalue weighted by Gasteiger charge is 2.17. The van der Waals surface area contributed by atoms with Crippen LogP contribution in [0.2, 0.25) is 0 Å². The summed E-state index contributed by atoms with van der Waals surface area (Å²) in [6.07, 6.45) is 0. The minimum absolute atomic E-state index is 1.13. The summed E-state index contributed by atoms with van der Waals surface area (Å²) in [5.74, 6) is 0. The lowest BCUT2D eigenvalue weighted by Crippen LogP contribution is -2.10. The third kappa shape index (κ3) is 4.94. The fraction of sp³-hybridized carbons (Fsp3) is 0. The zero-order chi connectivity index (χ0) is 33.7. The van der Waals surface area contributed by atoms with E-state index in [9.17, 15) is 0 Å². The van der Waals surface area contributed by atoms with Crippen LogP contribution in [0.5, 0.6) is 0 Å². The second-order valence-corrected chi connectivity index (χ2v) is 13.3. The van der Waals surface area contributed by atoms with Crippen molar-refractivity contribution in [3.8, 4) is 22.3 Å². The maximum Gasteiger partial charge on any atom is 0.0540 e. The van der Waals surface area contributed by atoms with Gasteiger partial charge in [0.25, 0.3) is 0 Å². The van der Waals surface area contributed by atoms with E-state index in [4.69, 9.17) is 0 Å². The van der Waals surface area contributed by atoms with Crippen molar-refractivity contribution in [2.24, 2.45) is 0 Å². The van der Waals surface area contributed by atoms with Gasteiger partial charge in [-0.05, 0) is 119 Å². The molecule has 10 aromatic carbocycles. The molecule has 0 unspecified atom stereocenters. The Labute approximate surface area is 297 Å². The SMILES string of the molecule is c1ccc(-c2cc3cc(-c4ccc5cc(N(c6ccccc6)c6cccc7ccccc67)ccc5c4)c4ccccc4c3c3ccccc23)cc1. The van der Waals surface area contributed by atoms with Crippen molar-refractivity contribution in [2.45, 2.75) is 0 Å². The number of hydrogen-bond acceptors (Lipinski definition) is 1. The number of para-hydroxylation sites is 1. The van der Waals surface area contributed by atoms with Crippen LogP contribution < -0.4 is 4.90 Å². The quantitative estimate of drug-likeness (QED) is 0.168. The molecule has 0 N–H and O–H groups in total. The van der Waals surface area contributed by atoms with E-state index in [2.05, 4.69) is 205 Å². The lowest BCUT2D eigenvalue weighted by molar-refractivity contribution is 1.30. The third-order valence-corrected chi connectivity index (χ3v) is 10.4. The highest BCUT2D eigenvalue weighted by molar-refractivity contribution is 6.26. The monoisotopic (exact) mass is 647 g/mol. The van der Waals surface area contributed by atoms with E-state index in [1.54, 1.807) is 0 Å². The van der Waals surface area contributed by atoms with Gasteiger partial charge >= 0.3 is 0 Å². The molecule has 1 heteroatoms. The van der Waals surface area contributed by atoms with Gasteiger partial charge in [0.15, 0.2) is 0 Å². The third-order valence-electron chi connectivity index (χ3n) is 10.4. The van der Waals surface area contributed by atoms with Gasteiger partial charge in [-0.25, -0.2) is 0 Å². The highest BCUT2D eigenvalue weighted by atomic mass is 15.1. The summed E-state index contributed by atoms with van der Waals surface area (Å²) in [5.41, 5.74) is 8.40. The summed E-state index contributed by atoms with van der Waals surface area (Å²) < 4.78 is 0. The van der Waals surface area contributed by atoms with E-state index >= 15 is 0 Å². The maximum absolute atomic E-state index is 2.41. The van der Waals surface area contributed by atoms with Gasteiger partial charge in [-0.2, -0.15) is 0 Å². The predicted molar refractivity (Wildman–Crippen MR) is 220 cm³/mol. The average molecular weight is 648 g/mol. The smallest absolute Gasteiger partial charge is 0.0540 e. The molecule has 10 aromatic rings. The van der Waals surface area contributed by atoms with Crippen LogP contribution in [-0.4, -0.2) is 0 Å². The van der Waals surface area contributed by atoms with Gasteiger partial charge in [0, 0.05) is 16.8 Å². The van der Waals surface area contributed by atoms with Gasteiger partial charge in [-0.1, -0.05) is 152 Å². The number of fused-ring (bicyclic) bond motifs is 7. The zero-order valence-electron chi connectivity index (χ0n) is 28.0. The molecule has 0 aliphatic heterocycles. The summed E-state index contributed by atoms with van der Waals surface area (Å²) in [4.78, 5) is 2.38. The van der Waals surface area contributed by atoms with Crippen molar-refractivity contribution in [1.82, 2.24) is 0 Å². The molecule has 0 amide bonds. The topological polar surface area (TPSA) is 3.24 Å². The van der Waals surface area contributed by atoms with Crippen molar-refractivity contribution >= 4 is 70.9 Å². The second-order valence-electron chi connectivity index (χ2n) is 13.3. The molecule has 10 rings (SSSR count). The van der Waals surface area contributed by atoms with Crippen LogP contribution in [0.3, 0.4) is 0 Å². The number of hydrogen-bond donors (Lipinski definition) is 0. The van der Waals surface area contributed by atoms with Gasteiger partial charge in [0.1, 0.15) is 0 Å². The first kappa shape index (κ1) is 29.2. The Morgan fingerprint density at radius 2 is 0.824 bits per heavy atom. The normalized spacial score (nSPS) is 11.5. The number of anilines is 3. The molecule has 0 atom stereocenters. The van der Waals surface area contributed by atoms with Gasteiger partial charge < -0.3 is 4.90 Å². The first-order valence-corrected chi connectivity index (χ1v) is 17.6. The molecule has 0 saturated heterocycles. The first-order valence-electron chi connectivity index (χ1n) is 17.6. The molecule has 0 bridgehead atoms. The van der Waals surface area contributed by atoms with E-state index in [-0.39, 0.29) is 0 Å². The minimum Gasteiger partial charge on any atom is -0.310 e. The fourth-order valence-corrected chi connectivity index (χ4v) is 8.02. The van der Waals surface area contributed by atoms with E-state index in [1.165, 1.54) is 81.8 Å². The molecule has 0 fully saturated rings. The summed E-state index contributed by atoms with van der Waals surface area (Å²) in [6, 6.07) is 73.0. The van der Waals surface area contributed by atoms with Gasteiger partial charge in [-0.3, -0.25) is 0 Å². The lowest BCUT2D eigenvalue weighted by atomic mass is 9.87. The van der Waals surface area contributed by atoms with Crippen molar-refractivity contribution in [2.75, 3.05) is 4.90 Å². The molecule has 0 saturated carbocycles. The molecular formula is C50H33N. The van der Waals surface area contributed by atoms with Crippen LogP contribution in [0.4, 0.5) is 17.1 Å². The summed E-state index contributed by atoms with van der Waals surface area (Å²) >= 11 is 0. The van der Waals surface area contributed by atoms with Crippen molar-refractivity contribution in [3.05, 3.63) is 200 Å². The fourth-order valence-electron chi connectivity index (χ4n) is 8.02. The molecule has 1 nitrogen and oxygen atoms in total. The van der Waals surface area contributed by atoms with Crippen LogP contribution in [-0.2, 0) is 0 Å². The Kier molecular flexibility index (Phi) is 6.89. The van der Waals surface area contributed by atoms with Crippen molar-refractivity contribution < 1.29 is 0 Å². The van der Waals surface area contributed by atoms with Gasteiger partial charge in [-0.15, -0.1) is 0 Å². The Morgan fingerprint density at radius 3 is 1.55 bits per heavy atom. The molecular weight excluding hydrogens is 615 g/mol. The average Bonchev–Trinajstić information content (AvgIpc) is 3.21. The highest BCUT2D eigenvalue weighted by Crippen LogP contribution is 2.43. The van der Waals surface area contributed by atoms with E-state index in [0.717, 1.165) is 11.4 Å². The molecule has 0 spiro atoms. The molecule has 0 aromatic heterocycles. The molecule has 51 heavy (non-hydrogen) atoms. The largest absolute Gasteiger partial charge is 0.310 e. The van der Waals surface area contributed by atoms with E-state index < -0.39 is 0 Å². The molecule has 0 radical (unpaired) electrons. The zero-order valence-corrected chi connectivity index (χ0v) is 28.0. The number of benzene rings is 10. The Morgan fingerprint density at radius 1 is 0.275 bits per heavy atom. The Balaban J connectivity index is 1.15. The molecule has 0 aliphatic rings. The van der Waals surface area contributed by atoms with Crippen LogP contribution in [0.1, 0.15) is 0 Å². The van der Waals surface area contributed by atoms with E-state index in [1.807, 2.05) is 0 Å². The first-order chi connectivity index (χ1) is 25.3. The van der Waals surface area contributed by atoms with Gasteiger partial charge in [0.05, 0.1) is 5.69 Å². The Hall–Kier alpha value is -6.70. The van der Waals surface area contributed by atoms with Crippen molar-refractivity contribution in [3.63, 3.8) is 0 Å². The van der Waals surface area contributed by atoms with Gasteiger partial charge in [0.2, 0.25) is 0 Å². The minimum atomic E-state index is 1.13. The van der Waals surface area contributed by atoms with Crippen LogP contribution in [0, 0.1) is 0 Å². The van der Waals surface area contributed by atoms with Crippen LogP contribution >= 0.6 is 0 Å². The van der Waals surface area contributed by atoms with Crippen molar-refractivity contribution in [1.29, 1.82) is 0 Å². The molecule has 0 heterocycles. The summed E-state index contributed by atoms with van der Waals surface area (Å²) in [7, 11) is 0. The van der Waals surface area contributed by atoms with E-state index in [0.29, 0.717) is 0 Å². The predicted octanol–water partition coefficient (Wildman–Crippen LogP) is 14.3. The van der Waals surface area contributed by atoms with Crippen LogP contribution in [0.15, 0.2) is 200 Å². The summed E-state index contributed by atoms with van der Waals surface area (Å²) in [6.45, 7) is 0. The number of nitrogens with zero attached hydrogens (tertiary/aromatic N) is 1. The number of rotatable bonds is 5. The molecule has 238 valence electrons.